The van der Waals surface area contributed by atoms with Crippen molar-refractivity contribution in [3.05, 3.63) is 33.9 Å². The minimum absolute atomic E-state index is 0.131. The zero-order chi connectivity index (χ0) is 14.7. The van der Waals surface area contributed by atoms with E-state index >= 15 is 0 Å². The number of hydrogen-bond donors (Lipinski definition) is 0. The van der Waals surface area contributed by atoms with Crippen LogP contribution >= 0.6 is 0 Å². The summed E-state index contributed by atoms with van der Waals surface area (Å²) in [6, 6.07) is 4.74. The Morgan fingerprint density at radius 1 is 1.40 bits per heavy atom. The van der Waals surface area contributed by atoms with Gasteiger partial charge in [-0.25, -0.2) is 0 Å². The molecule has 6 nitrogen and oxygen atoms in total. The van der Waals surface area contributed by atoms with Crippen LogP contribution in [-0.2, 0) is 4.74 Å². The Morgan fingerprint density at radius 2 is 2.05 bits per heavy atom. The van der Waals surface area contributed by atoms with Crippen molar-refractivity contribution >= 4 is 17.2 Å². The van der Waals surface area contributed by atoms with Crippen LogP contribution < -0.4 is 4.90 Å². The van der Waals surface area contributed by atoms with Crippen LogP contribution in [0.5, 0.6) is 0 Å². The molecule has 108 valence electrons. The normalized spacial score (nSPS) is 16.2. The molecule has 0 spiro atoms. The molecule has 1 heterocycles. The van der Waals surface area contributed by atoms with Crippen LogP contribution in [0.25, 0.3) is 0 Å². The number of ether oxygens (including phenoxy) is 1. The lowest BCUT2D eigenvalue weighted by Crippen LogP contribution is -2.36. The number of nitro benzene ring substituents is 1. The average Bonchev–Trinajstić information content (AvgIpc) is 2.46. The van der Waals surface area contributed by atoms with Crippen LogP contribution in [-0.4, -0.2) is 37.0 Å². The summed E-state index contributed by atoms with van der Waals surface area (Å²) in [4.78, 5) is 24.1. The molecule has 20 heavy (non-hydrogen) atoms. The third-order valence-corrected chi connectivity index (χ3v) is 3.70. The van der Waals surface area contributed by atoms with Crippen molar-refractivity contribution in [3.8, 4) is 0 Å². The van der Waals surface area contributed by atoms with Gasteiger partial charge in [0.2, 0.25) is 0 Å². The highest BCUT2D eigenvalue weighted by atomic mass is 16.6. The van der Waals surface area contributed by atoms with Crippen LogP contribution in [0.3, 0.4) is 0 Å². The first-order chi connectivity index (χ1) is 9.52. The fraction of sp³-hybridized carbons (Fsp3) is 0.500. The molecule has 1 saturated heterocycles. The highest BCUT2D eigenvalue weighted by Crippen LogP contribution is 2.27. The second-order valence-electron chi connectivity index (χ2n) is 4.94. The predicted octanol–water partition coefficient (Wildman–Crippen LogP) is 2.41. The molecule has 1 aliphatic heterocycles. The van der Waals surface area contributed by atoms with E-state index < -0.39 is 4.92 Å². The highest BCUT2D eigenvalue weighted by molar-refractivity contribution is 5.99. The largest absolute Gasteiger partial charge is 0.381 e. The standard InChI is InChI=1S/C14H18N2O4/c1-10(17)13-9-11(3-4-14(13)16(18)19)15-7-5-12(20-2)6-8-15/h3-4,9,12H,5-8H2,1-2H3. The molecule has 6 heteroatoms. The Bertz CT molecular complexity index is 522. The van der Waals surface area contributed by atoms with Gasteiger partial charge in [-0.2, -0.15) is 0 Å². The number of nitrogens with zero attached hydrogens (tertiary/aromatic N) is 2. The van der Waals surface area contributed by atoms with Crippen LogP contribution in [0.4, 0.5) is 11.4 Å². The van der Waals surface area contributed by atoms with Gasteiger partial charge in [-0.1, -0.05) is 0 Å². The van der Waals surface area contributed by atoms with E-state index in [0.717, 1.165) is 31.6 Å². The van der Waals surface area contributed by atoms with E-state index in [9.17, 15) is 14.9 Å². The summed E-state index contributed by atoms with van der Waals surface area (Å²) in [6.45, 7) is 3.00. The molecule has 1 aliphatic rings. The van der Waals surface area contributed by atoms with Gasteiger partial charge in [0, 0.05) is 32.0 Å². The van der Waals surface area contributed by atoms with Crippen LogP contribution in [0, 0.1) is 10.1 Å². The van der Waals surface area contributed by atoms with Gasteiger partial charge in [0.1, 0.15) is 0 Å². The Kier molecular flexibility index (Phi) is 4.34. The number of piperidine rings is 1. The van der Waals surface area contributed by atoms with Crippen LogP contribution in [0.1, 0.15) is 30.1 Å². The first-order valence-corrected chi connectivity index (χ1v) is 6.60. The zero-order valence-corrected chi connectivity index (χ0v) is 11.7. The number of hydrogen-bond acceptors (Lipinski definition) is 5. The number of methoxy groups -OCH3 is 1. The average molecular weight is 278 g/mol. The second-order valence-corrected chi connectivity index (χ2v) is 4.94. The lowest BCUT2D eigenvalue weighted by molar-refractivity contribution is -0.385. The number of carbonyl (C=O) groups excluding carboxylic acids is 1. The van der Waals surface area contributed by atoms with Gasteiger partial charge in [-0.05, 0) is 31.9 Å². The number of ketones is 1. The SMILES string of the molecule is COC1CCN(c2ccc([N+](=O)[O-])c(C(C)=O)c2)CC1. The van der Waals surface area contributed by atoms with Crippen LogP contribution in [0.15, 0.2) is 18.2 Å². The molecular weight excluding hydrogens is 260 g/mol. The van der Waals surface area contributed by atoms with Gasteiger partial charge in [-0.15, -0.1) is 0 Å². The van der Waals surface area contributed by atoms with E-state index in [4.69, 9.17) is 4.74 Å². The maximum atomic E-state index is 11.6. The van der Waals surface area contributed by atoms with Crippen molar-refractivity contribution in [2.45, 2.75) is 25.9 Å². The summed E-state index contributed by atoms with van der Waals surface area (Å²) >= 11 is 0. The van der Waals surface area contributed by atoms with Gasteiger partial charge in [0.25, 0.3) is 5.69 Å². The molecule has 1 fully saturated rings. The number of anilines is 1. The van der Waals surface area contributed by atoms with Crippen molar-refractivity contribution in [2.75, 3.05) is 25.1 Å². The molecule has 1 aromatic rings. The molecule has 0 amide bonds. The Morgan fingerprint density at radius 3 is 2.55 bits per heavy atom. The van der Waals surface area contributed by atoms with Crippen molar-refractivity contribution in [3.63, 3.8) is 0 Å². The minimum Gasteiger partial charge on any atom is -0.381 e. The summed E-state index contributed by atoms with van der Waals surface area (Å²) < 4.78 is 5.32. The van der Waals surface area contributed by atoms with E-state index in [2.05, 4.69) is 4.90 Å². The van der Waals surface area contributed by atoms with E-state index in [1.807, 2.05) is 0 Å². The molecule has 0 N–H and O–H groups in total. The van der Waals surface area contributed by atoms with Gasteiger partial charge < -0.3 is 9.64 Å². The molecule has 1 aromatic carbocycles. The summed E-state index contributed by atoms with van der Waals surface area (Å²) in [6.07, 6.45) is 2.11. The molecule has 0 atom stereocenters. The number of nitro groups is 1. The van der Waals surface area contributed by atoms with E-state index in [1.165, 1.54) is 13.0 Å². The van der Waals surface area contributed by atoms with E-state index in [1.54, 1.807) is 19.2 Å². The van der Waals surface area contributed by atoms with Gasteiger partial charge >= 0.3 is 0 Å². The number of Topliss-reactive ketones (excluding diaryl/α,β-unsaturated/α-hetero) is 1. The third kappa shape index (κ3) is 2.96. The van der Waals surface area contributed by atoms with E-state index in [0.29, 0.717) is 0 Å². The lowest BCUT2D eigenvalue weighted by atomic mass is 10.0. The predicted molar refractivity (Wildman–Crippen MR) is 75.3 cm³/mol. The molecule has 0 aliphatic carbocycles. The summed E-state index contributed by atoms with van der Waals surface area (Å²) in [5.74, 6) is -0.287. The third-order valence-electron chi connectivity index (χ3n) is 3.70. The molecular formula is C14H18N2O4. The number of carbonyl (C=O) groups is 1. The zero-order valence-electron chi connectivity index (χ0n) is 11.7. The number of rotatable bonds is 4. The van der Waals surface area contributed by atoms with Crippen LogP contribution in [0.2, 0.25) is 0 Å². The second kappa shape index (κ2) is 6.00. The van der Waals surface area contributed by atoms with Crippen molar-refractivity contribution in [1.82, 2.24) is 0 Å². The topological polar surface area (TPSA) is 72.7 Å². The molecule has 0 saturated carbocycles. The first-order valence-electron chi connectivity index (χ1n) is 6.60. The van der Waals surface area contributed by atoms with Gasteiger partial charge in [-0.3, -0.25) is 14.9 Å². The maximum Gasteiger partial charge on any atom is 0.280 e. The molecule has 0 unspecified atom stereocenters. The first kappa shape index (κ1) is 14.5. The van der Waals surface area contributed by atoms with Crippen molar-refractivity contribution in [2.24, 2.45) is 0 Å². The van der Waals surface area contributed by atoms with Crippen molar-refractivity contribution in [1.29, 1.82) is 0 Å². The maximum absolute atomic E-state index is 11.6. The smallest absolute Gasteiger partial charge is 0.280 e. The van der Waals surface area contributed by atoms with Gasteiger partial charge in [0.05, 0.1) is 16.6 Å². The fourth-order valence-corrected chi connectivity index (χ4v) is 2.51. The monoisotopic (exact) mass is 278 g/mol. The molecule has 2 rings (SSSR count). The fourth-order valence-electron chi connectivity index (χ4n) is 2.51. The molecule has 0 bridgehead atoms. The highest BCUT2D eigenvalue weighted by Gasteiger charge is 2.22. The van der Waals surface area contributed by atoms with Gasteiger partial charge in [0.15, 0.2) is 5.78 Å². The number of benzene rings is 1. The Hall–Kier alpha value is -1.95. The molecule has 0 aromatic heterocycles. The summed E-state index contributed by atoms with van der Waals surface area (Å²) in [5, 5.41) is 10.9. The summed E-state index contributed by atoms with van der Waals surface area (Å²) in [7, 11) is 1.71. The lowest BCUT2D eigenvalue weighted by Gasteiger charge is -2.33. The Labute approximate surface area is 117 Å². The summed E-state index contributed by atoms with van der Waals surface area (Å²) in [5.41, 5.74) is 0.893. The quantitative estimate of drug-likeness (QED) is 0.480. The molecule has 0 radical (unpaired) electrons. The van der Waals surface area contributed by atoms with Crippen molar-refractivity contribution < 1.29 is 14.5 Å². The minimum atomic E-state index is -0.516. The van der Waals surface area contributed by atoms with E-state index in [-0.39, 0.29) is 23.1 Å². The Balaban J connectivity index is 2.24.